The Labute approximate surface area is 101 Å². The number of hydrogen-bond donors (Lipinski definition) is 1. The maximum absolute atomic E-state index is 11.8. The van der Waals surface area contributed by atoms with Crippen LogP contribution in [-0.2, 0) is 4.74 Å². The van der Waals surface area contributed by atoms with Crippen LogP contribution in [0.2, 0.25) is 0 Å². The van der Waals surface area contributed by atoms with Gasteiger partial charge in [0.1, 0.15) is 0 Å². The molecule has 0 aromatic heterocycles. The summed E-state index contributed by atoms with van der Waals surface area (Å²) in [6, 6.07) is 1.98. The van der Waals surface area contributed by atoms with Crippen molar-refractivity contribution in [2.24, 2.45) is 0 Å². The van der Waals surface area contributed by atoms with E-state index in [9.17, 15) is 9.90 Å². The first-order valence-electron chi connectivity index (χ1n) is 6.13. The fourth-order valence-corrected chi connectivity index (χ4v) is 2.91. The van der Waals surface area contributed by atoms with Crippen molar-refractivity contribution < 1.29 is 14.6 Å². The third-order valence-electron chi connectivity index (χ3n) is 4.00. The topological polar surface area (TPSA) is 73.6 Å². The molecule has 1 amide bonds. The highest BCUT2D eigenvalue weighted by molar-refractivity contribution is 5.72. The smallest absolute Gasteiger partial charge is 0.412 e. The van der Waals surface area contributed by atoms with E-state index in [0.29, 0.717) is 12.8 Å². The summed E-state index contributed by atoms with van der Waals surface area (Å²) < 4.78 is 5.44. The zero-order chi connectivity index (χ0) is 12.5. The van der Waals surface area contributed by atoms with E-state index in [0.717, 1.165) is 19.3 Å². The van der Waals surface area contributed by atoms with Gasteiger partial charge in [0.2, 0.25) is 0 Å². The number of hydrogen-bond acceptors (Lipinski definition) is 4. The first-order chi connectivity index (χ1) is 8.03. The van der Waals surface area contributed by atoms with E-state index in [-0.39, 0.29) is 13.0 Å². The van der Waals surface area contributed by atoms with Crippen LogP contribution in [0.15, 0.2) is 0 Å². The second-order valence-electron chi connectivity index (χ2n) is 5.00. The molecule has 2 rings (SSSR count). The molecule has 1 aliphatic heterocycles. The highest BCUT2D eigenvalue weighted by Crippen LogP contribution is 2.46. The monoisotopic (exact) mass is 238 g/mol. The lowest BCUT2D eigenvalue weighted by Gasteiger charge is -2.41. The van der Waals surface area contributed by atoms with E-state index < -0.39 is 17.4 Å². The summed E-state index contributed by atoms with van der Waals surface area (Å²) in [6.45, 7) is 1.85. The second kappa shape index (κ2) is 4.19. The van der Waals surface area contributed by atoms with Crippen LogP contribution in [0.4, 0.5) is 4.79 Å². The minimum atomic E-state index is -1.29. The average molecular weight is 238 g/mol. The van der Waals surface area contributed by atoms with Gasteiger partial charge in [-0.2, -0.15) is 5.26 Å². The Morgan fingerprint density at radius 3 is 2.71 bits per heavy atom. The van der Waals surface area contributed by atoms with Crippen molar-refractivity contribution >= 4 is 6.09 Å². The number of carbonyl (C=O) groups is 1. The summed E-state index contributed by atoms with van der Waals surface area (Å²) in [7, 11) is 0. The molecule has 0 aromatic rings. The van der Waals surface area contributed by atoms with Crippen LogP contribution >= 0.6 is 0 Å². The van der Waals surface area contributed by atoms with E-state index in [1.807, 2.05) is 6.07 Å². The Balaban J connectivity index is 2.21. The predicted octanol–water partition coefficient (Wildman–Crippen LogP) is 1.76. The molecule has 0 unspecified atom stereocenters. The van der Waals surface area contributed by atoms with Crippen molar-refractivity contribution in [1.82, 2.24) is 4.90 Å². The minimum Gasteiger partial charge on any atom is -0.438 e. The van der Waals surface area contributed by atoms with E-state index in [1.54, 1.807) is 6.92 Å². The number of rotatable bonds is 2. The van der Waals surface area contributed by atoms with Gasteiger partial charge in [0.25, 0.3) is 0 Å². The van der Waals surface area contributed by atoms with Crippen LogP contribution in [0.3, 0.4) is 0 Å². The Hall–Kier alpha value is -1.28. The summed E-state index contributed by atoms with van der Waals surface area (Å²) in [5, 5.41) is 19.2. The molecule has 0 radical (unpaired) electrons. The lowest BCUT2D eigenvalue weighted by Crippen LogP contribution is -2.57. The molecule has 1 N–H and O–H groups in total. The van der Waals surface area contributed by atoms with Crippen molar-refractivity contribution in [2.45, 2.75) is 56.8 Å². The number of aliphatic hydroxyl groups is 1. The van der Waals surface area contributed by atoms with Gasteiger partial charge >= 0.3 is 6.09 Å². The molecular formula is C12H18N2O3. The summed E-state index contributed by atoms with van der Waals surface area (Å²) in [5.41, 5.74) is -2.06. The standard InChI is InChI=1S/C12H18N2O3/c1-11(16)12(6-3-2-4-7-12)17-10(15)14(11)9-5-8-13/h16H,2-7,9H2,1H3/t11-/m0/s1. The largest absolute Gasteiger partial charge is 0.438 e. The second-order valence-corrected chi connectivity index (χ2v) is 5.00. The SMILES string of the molecule is C[C@@]1(O)N(CCC#N)C(=O)OC12CCCCC2. The van der Waals surface area contributed by atoms with Gasteiger partial charge in [-0.1, -0.05) is 6.42 Å². The Kier molecular flexibility index (Phi) is 3.00. The van der Waals surface area contributed by atoms with Crippen LogP contribution < -0.4 is 0 Å². The third kappa shape index (κ3) is 1.77. The van der Waals surface area contributed by atoms with Gasteiger partial charge in [0.05, 0.1) is 12.5 Å². The Morgan fingerprint density at radius 2 is 2.12 bits per heavy atom. The molecule has 1 heterocycles. The first kappa shape index (κ1) is 12.2. The highest BCUT2D eigenvalue weighted by Gasteiger charge is 2.61. The molecule has 17 heavy (non-hydrogen) atoms. The van der Waals surface area contributed by atoms with Crippen molar-refractivity contribution in [2.75, 3.05) is 6.54 Å². The van der Waals surface area contributed by atoms with Gasteiger partial charge in [0.15, 0.2) is 11.3 Å². The van der Waals surface area contributed by atoms with Gasteiger partial charge in [-0.25, -0.2) is 4.79 Å². The molecule has 1 atom stereocenters. The summed E-state index contributed by atoms with van der Waals surface area (Å²) in [5.74, 6) is 0. The lowest BCUT2D eigenvalue weighted by molar-refractivity contribution is -0.158. The van der Waals surface area contributed by atoms with Crippen LogP contribution in [-0.4, -0.2) is 34.0 Å². The van der Waals surface area contributed by atoms with Crippen LogP contribution in [0.5, 0.6) is 0 Å². The summed E-state index contributed by atoms with van der Waals surface area (Å²) >= 11 is 0. The third-order valence-corrected chi connectivity index (χ3v) is 4.00. The molecule has 2 fully saturated rings. The summed E-state index contributed by atoms with van der Waals surface area (Å²) in [6.07, 6.45) is 4.18. The molecule has 2 aliphatic rings. The highest BCUT2D eigenvalue weighted by atomic mass is 16.6. The fourth-order valence-electron chi connectivity index (χ4n) is 2.91. The zero-order valence-electron chi connectivity index (χ0n) is 10.1. The van der Waals surface area contributed by atoms with Gasteiger partial charge in [-0.15, -0.1) is 0 Å². The van der Waals surface area contributed by atoms with Crippen molar-refractivity contribution in [3.05, 3.63) is 0 Å². The number of nitriles is 1. The Morgan fingerprint density at radius 1 is 1.47 bits per heavy atom. The molecular weight excluding hydrogens is 220 g/mol. The molecule has 5 heteroatoms. The number of carbonyl (C=O) groups excluding carboxylic acids is 1. The zero-order valence-corrected chi connectivity index (χ0v) is 10.1. The Bertz CT molecular complexity index is 353. The fraction of sp³-hybridized carbons (Fsp3) is 0.833. The average Bonchev–Trinajstić information content (AvgIpc) is 2.46. The van der Waals surface area contributed by atoms with E-state index >= 15 is 0 Å². The molecule has 94 valence electrons. The molecule has 1 aliphatic carbocycles. The molecule has 1 saturated heterocycles. The molecule has 1 saturated carbocycles. The number of amides is 1. The van der Waals surface area contributed by atoms with Crippen LogP contribution in [0.25, 0.3) is 0 Å². The summed E-state index contributed by atoms with van der Waals surface area (Å²) in [4.78, 5) is 13.1. The number of ether oxygens (including phenoxy) is 1. The van der Waals surface area contributed by atoms with Gasteiger partial charge in [-0.05, 0) is 32.6 Å². The van der Waals surface area contributed by atoms with Crippen LogP contribution in [0, 0.1) is 11.3 Å². The van der Waals surface area contributed by atoms with E-state index in [2.05, 4.69) is 0 Å². The van der Waals surface area contributed by atoms with Crippen LogP contribution in [0.1, 0.15) is 45.4 Å². The van der Waals surface area contributed by atoms with Gasteiger partial charge < -0.3 is 9.84 Å². The molecule has 0 bridgehead atoms. The van der Waals surface area contributed by atoms with Gasteiger partial charge in [-0.3, -0.25) is 4.90 Å². The molecule has 5 nitrogen and oxygen atoms in total. The van der Waals surface area contributed by atoms with E-state index in [4.69, 9.17) is 10.00 Å². The first-order valence-corrected chi connectivity index (χ1v) is 6.13. The van der Waals surface area contributed by atoms with E-state index in [1.165, 1.54) is 4.90 Å². The molecule has 0 aromatic carbocycles. The lowest BCUT2D eigenvalue weighted by atomic mass is 9.77. The number of nitrogens with zero attached hydrogens (tertiary/aromatic N) is 2. The van der Waals surface area contributed by atoms with Crippen molar-refractivity contribution in [1.29, 1.82) is 5.26 Å². The van der Waals surface area contributed by atoms with Crippen molar-refractivity contribution in [3.8, 4) is 6.07 Å². The normalized spacial score (nSPS) is 31.4. The molecule has 1 spiro atoms. The predicted molar refractivity (Wildman–Crippen MR) is 59.9 cm³/mol. The maximum Gasteiger partial charge on any atom is 0.412 e. The minimum absolute atomic E-state index is 0.210. The quantitative estimate of drug-likeness (QED) is 0.795. The van der Waals surface area contributed by atoms with Gasteiger partial charge in [0, 0.05) is 6.54 Å². The maximum atomic E-state index is 11.8. The van der Waals surface area contributed by atoms with Crippen molar-refractivity contribution in [3.63, 3.8) is 0 Å².